The van der Waals surface area contributed by atoms with Crippen molar-refractivity contribution in [3.8, 4) is 11.5 Å². The Morgan fingerprint density at radius 3 is 2.91 bits per heavy atom. The first-order chi connectivity index (χ1) is 10.5. The van der Waals surface area contributed by atoms with Gasteiger partial charge in [-0.2, -0.15) is 5.10 Å². The van der Waals surface area contributed by atoms with Gasteiger partial charge in [0.1, 0.15) is 11.5 Å². The number of hydrogen-bond acceptors (Lipinski definition) is 4. The molecule has 0 fully saturated rings. The average molecular weight is 410 g/mol. The number of amides is 1. The summed E-state index contributed by atoms with van der Waals surface area (Å²) < 4.78 is 6.08. The molecule has 6 heteroatoms. The maximum absolute atomic E-state index is 11.6. The van der Waals surface area contributed by atoms with E-state index in [0.29, 0.717) is 5.75 Å². The van der Waals surface area contributed by atoms with E-state index in [2.05, 4.69) is 10.5 Å². The van der Waals surface area contributed by atoms with Gasteiger partial charge in [0.2, 0.25) is 0 Å². The third-order valence-electron chi connectivity index (χ3n) is 2.73. The van der Waals surface area contributed by atoms with Gasteiger partial charge in [-0.3, -0.25) is 4.79 Å². The minimum atomic E-state index is -0.341. The van der Waals surface area contributed by atoms with Gasteiger partial charge in [-0.05, 0) is 71.0 Å². The van der Waals surface area contributed by atoms with Gasteiger partial charge in [-0.1, -0.05) is 12.1 Å². The molecule has 0 aliphatic heterocycles. The Kier molecular flexibility index (Phi) is 5.76. The van der Waals surface area contributed by atoms with Crippen LogP contribution in [0.3, 0.4) is 0 Å². The molecule has 0 unspecified atom stereocenters. The number of benzene rings is 2. The summed E-state index contributed by atoms with van der Waals surface area (Å²) in [5.41, 5.74) is 4.24. The quantitative estimate of drug-likeness (QED) is 0.453. The predicted molar refractivity (Wildman–Crippen MR) is 93.2 cm³/mol. The maximum Gasteiger partial charge on any atom is 0.277 e. The highest BCUT2D eigenvalue weighted by atomic mass is 127. The topological polar surface area (TPSA) is 70.9 Å². The average Bonchev–Trinajstić information content (AvgIpc) is 2.49. The van der Waals surface area contributed by atoms with E-state index < -0.39 is 0 Å². The van der Waals surface area contributed by atoms with Crippen molar-refractivity contribution in [1.82, 2.24) is 5.43 Å². The number of hydrazone groups is 1. The molecule has 22 heavy (non-hydrogen) atoms. The predicted octanol–water partition coefficient (Wildman–Crippen LogP) is 2.83. The van der Waals surface area contributed by atoms with Crippen LogP contribution in [0.25, 0.3) is 0 Å². The molecule has 2 rings (SSSR count). The number of rotatable bonds is 5. The van der Waals surface area contributed by atoms with Crippen LogP contribution < -0.4 is 10.2 Å². The van der Waals surface area contributed by atoms with Gasteiger partial charge in [-0.25, -0.2) is 5.43 Å². The second kappa shape index (κ2) is 7.79. The van der Waals surface area contributed by atoms with E-state index in [4.69, 9.17) is 4.74 Å². The van der Waals surface area contributed by atoms with Crippen molar-refractivity contribution < 1.29 is 14.6 Å². The monoisotopic (exact) mass is 410 g/mol. The summed E-state index contributed by atoms with van der Waals surface area (Å²) in [5.74, 6) is 0.520. The summed E-state index contributed by atoms with van der Waals surface area (Å²) in [6.45, 7) is 1.85. The van der Waals surface area contributed by atoms with Crippen LogP contribution in [0.4, 0.5) is 0 Å². The van der Waals surface area contributed by atoms with Crippen LogP contribution in [0.5, 0.6) is 11.5 Å². The zero-order chi connectivity index (χ0) is 15.9. The fraction of sp³-hybridized carbons (Fsp3) is 0.125. The fourth-order valence-electron chi connectivity index (χ4n) is 1.67. The van der Waals surface area contributed by atoms with Crippen LogP contribution in [0.2, 0.25) is 0 Å². The van der Waals surface area contributed by atoms with Crippen LogP contribution >= 0.6 is 22.6 Å². The van der Waals surface area contributed by atoms with Gasteiger partial charge < -0.3 is 9.84 Å². The molecule has 0 bridgehead atoms. The lowest BCUT2D eigenvalue weighted by Gasteiger charge is -2.05. The molecule has 2 N–H and O–H groups in total. The number of aromatic hydroxyl groups is 1. The first-order valence-corrected chi connectivity index (χ1v) is 7.62. The van der Waals surface area contributed by atoms with E-state index in [1.54, 1.807) is 24.3 Å². The molecule has 0 aromatic heterocycles. The molecule has 114 valence electrons. The van der Waals surface area contributed by atoms with E-state index >= 15 is 0 Å². The van der Waals surface area contributed by atoms with Crippen molar-refractivity contribution in [3.63, 3.8) is 0 Å². The first-order valence-electron chi connectivity index (χ1n) is 6.54. The zero-order valence-corrected chi connectivity index (χ0v) is 14.1. The number of phenolic OH excluding ortho intramolecular Hbond substituents is 1. The molecule has 5 nitrogen and oxygen atoms in total. The van der Waals surface area contributed by atoms with Gasteiger partial charge in [0.15, 0.2) is 6.61 Å². The van der Waals surface area contributed by atoms with Crippen molar-refractivity contribution in [1.29, 1.82) is 0 Å². The lowest BCUT2D eigenvalue weighted by atomic mass is 10.2. The summed E-state index contributed by atoms with van der Waals surface area (Å²) in [5, 5.41) is 13.3. The SMILES string of the molecule is Cc1cccc(OCC(=O)N/N=C\c2ccc(O)c(I)c2)c1. The van der Waals surface area contributed by atoms with Crippen LogP contribution in [0.1, 0.15) is 11.1 Å². The highest BCUT2D eigenvalue weighted by molar-refractivity contribution is 14.1. The van der Waals surface area contributed by atoms with Crippen LogP contribution in [-0.2, 0) is 4.79 Å². The van der Waals surface area contributed by atoms with Crippen LogP contribution in [0, 0.1) is 10.5 Å². The molecule has 1 amide bonds. The molecular weight excluding hydrogens is 395 g/mol. The minimum Gasteiger partial charge on any atom is -0.507 e. The number of ether oxygens (including phenoxy) is 1. The Balaban J connectivity index is 1.82. The zero-order valence-electron chi connectivity index (χ0n) is 11.9. The highest BCUT2D eigenvalue weighted by Crippen LogP contribution is 2.19. The molecule has 0 saturated carbocycles. The molecule has 0 aliphatic rings. The van der Waals surface area contributed by atoms with E-state index in [9.17, 15) is 9.90 Å². The first kappa shape index (κ1) is 16.3. The number of hydrogen-bond donors (Lipinski definition) is 2. The lowest BCUT2D eigenvalue weighted by Crippen LogP contribution is -2.24. The highest BCUT2D eigenvalue weighted by Gasteiger charge is 2.02. The lowest BCUT2D eigenvalue weighted by molar-refractivity contribution is -0.123. The second-order valence-electron chi connectivity index (χ2n) is 4.61. The van der Waals surface area contributed by atoms with Gasteiger partial charge in [0.25, 0.3) is 5.91 Å². The minimum absolute atomic E-state index is 0.103. The van der Waals surface area contributed by atoms with Crippen molar-refractivity contribution in [3.05, 3.63) is 57.2 Å². The number of carbonyl (C=O) groups is 1. The normalized spacial score (nSPS) is 10.6. The molecule has 0 aliphatic carbocycles. The Morgan fingerprint density at radius 2 is 2.18 bits per heavy atom. The van der Waals surface area contributed by atoms with Crippen LogP contribution in [0.15, 0.2) is 47.6 Å². The fourth-order valence-corrected chi connectivity index (χ4v) is 2.21. The molecule has 0 atom stereocenters. The molecular formula is C16H15IN2O3. The largest absolute Gasteiger partial charge is 0.507 e. The number of halogens is 1. The molecule has 0 spiro atoms. The van der Waals surface area contributed by atoms with Gasteiger partial charge >= 0.3 is 0 Å². The summed E-state index contributed by atoms with van der Waals surface area (Å²) in [4.78, 5) is 11.6. The Hall–Kier alpha value is -2.09. The Morgan fingerprint density at radius 1 is 1.36 bits per heavy atom. The molecule has 0 saturated heterocycles. The van der Waals surface area contributed by atoms with Crippen molar-refractivity contribution in [2.45, 2.75) is 6.92 Å². The summed E-state index contributed by atoms with van der Waals surface area (Å²) in [6.07, 6.45) is 1.51. The van der Waals surface area contributed by atoms with E-state index in [1.807, 2.05) is 47.7 Å². The third-order valence-corrected chi connectivity index (χ3v) is 3.60. The van der Waals surface area contributed by atoms with Crippen LogP contribution in [-0.4, -0.2) is 23.8 Å². The number of nitrogens with zero attached hydrogens (tertiary/aromatic N) is 1. The van der Waals surface area contributed by atoms with Crippen molar-refractivity contribution >= 4 is 34.7 Å². The molecule has 0 heterocycles. The van der Waals surface area contributed by atoms with Crippen molar-refractivity contribution in [2.24, 2.45) is 5.10 Å². The summed E-state index contributed by atoms with van der Waals surface area (Å²) >= 11 is 2.02. The molecule has 2 aromatic rings. The Bertz CT molecular complexity index is 702. The summed E-state index contributed by atoms with van der Waals surface area (Å²) in [6, 6.07) is 12.5. The van der Waals surface area contributed by atoms with Gasteiger partial charge in [0, 0.05) is 0 Å². The number of nitrogens with one attached hydrogen (secondary N) is 1. The van der Waals surface area contributed by atoms with Gasteiger partial charge in [-0.15, -0.1) is 0 Å². The molecule has 2 aromatic carbocycles. The van der Waals surface area contributed by atoms with E-state index in [-0.39, 0.29) is 18.3 Å². The second-order valence-corrected chi connectivity index (χ2v) is 5.77. The number of phenols is 1. The molecule has 0 radical (unpaired) electrons. The smallest absolute Gasteiger partial charge is 0.277 e. The van der Waals surface area contributed by atoms with Gasteiger partial charge in [0.05, 0.1) is 9.78 Å². The maximum atomic E-state index is 11.6. The standard InChI is InChI=1S/C16H15IN2O3/c1-11-3-2-4-13(7-11)22-10-16(21)19-18-9-12-5-6-15(20)14(17)8-12/h2-9,20H,10H2,1H3,(H,19,21)/b18-9-. The Labute approximate surface area is 142 Å². The number of aryl methyl sites for hydroxylation is 1. The summed E-state index contributed by atoms with van der Waals surface area (Å²) in [7, 11) is 0. The third kappa shape index (κ3) is 5.03. The van der Waals surface area contributed by atoms with E-state index in [1.165, 1.54) is 6.21 Å². The van der Waals surface area contributed by atoms with Crippen molar-refractivity contribution in [2.75, 3.05) is 6.61 Å². The number of carbonyl (C=O) groups excluding carboxylic acids is 1. The van der Waals surface area contributed by atoms with E-state index in [0.717, 1.165) is 14.7 Å².